The molecule has 0 aromatic heterocycles. The first-order chi connectivity index (χ1) is 8.22. The summed E-state index contributed by atoms with van der Waals surface area (Å²) in [6.07, 6.45) is -0.314. The first kappa shape index (κ1) is 12.1. The van der Waals surface area contributed by atoms with E-state index in [4.69, 9.17) is 4.74 Å². The van der Waals surface area contributed by atoms with E-state index in [0.717, 1.165) is 5.56 Å². The van der Waals surface area contributed by atoms with Crippen LogP contribution in [0, 0.1) is 0 Å². The number of likely N-dealkylation sites (tertiary alicyclic amines) is 1. The molecule has 1 unspecified atom stereocenters. The number of β-amino-alcohol motifs (C(OH)–C–C–N with tert-alkyl or cyclic N) is 1. The maximum atomic E-state index is 12.2. The molecule has 1 saturated heterocycles. The lowest BCUT2D eigenvalue weighted by Crippen LogP contribution is -2.34. The van der Waals surface area contributed by atoms with E-state index in [9.17, 15) is 9.90 Å². The highest BCUT2D eigenvalue weighted by Gasteiger charge is 2.30. The van der Waals surface area contributed by atoms with Crippen molar-refractivity contribution in [1.29, 1.82) is 0 Å². The molecule has 0 spiro atoms. The normalized spacial score (nSPS) is 21.5. The highest BCUT2D eigenvalue weighted by atomic mass is 16.5. The molecule has 1 aliphatic rings. The van der Waals surface area contributed by atoms with E-state index >= 15 is 0 Å². The summed E-state index contributed by atoms with van der Waals surface area (Å²) in [7, 11) is 1.53. The summed E-state index contributed by atoms with van der Waals surface area (Å²) in [5, 5.41) is 9.44. The third kappa shape index (κ3) is 2.65. The van der Waals surface area contributed by atoms with Crippen LogP contribution in [-0.4, -0.2) is 42.2 Å². The average molecular weight is 235 g/mol. The summed E-state index contributed by atoms with van der Waals surface area (Å²) in [4.78, 5) is 13.9. The van der Waals surface area contributed by atoms with Gasteiger partial charge in [0.1, 0.15) is 0 Å². The number of carbonyl (C=O) groups is 1. The molecule has 4 nitrogen and oxygen atoms in total. The van der Waals surface area contributed by atoms with Crippen LogP contribution in [0.2, 0.25) is 0 Å². The molecular formula is C13H17NO3. The first-order valence-electron chi connectivity index (χ1n) is 5.77. The van der Waals surface area contributed by atoms with E-state index in [1.807, 2.05) is 30.3 Å². The minimum atomic E-state index is -0.568. The predicted molar refractivity (Wildman–Crippen MR) is 63.4 cm³/mol. The van der Waals surface area contributed by atoms with Crippen molar-refractivity contribution in [3.8, 4) is 0 Å². The Morgan fingerprint density at radius 3 is 2.71 bits per heavy atom. The summed E-state index contributed by atoms with van der Waals surface area (Å²) in [6.45, 7) is 1.01. The van der Waals surface area contributed by atoms with E-state index in [-0.39, 0.29) is 5.91 Å². The number of rotatable bonds is 3. The Bertz CT molecular complexity index is 380. The maximum Gasteiger partial charge on any atom is 0.256 e. The van der Waals surface area contributed by atoms with Gasteiger partial charge in [0, 0.05) is 20.2 Å². The van der Waals surface area contributed by atoms with Crippen LogP contribution in [0.5, 0.6) is 0 Å². The van der Waals surface area contributed by atoms with Crippen LogP contribution in [-0.2, 0) is 9.53 Å². The Morgan fingerprint density at radius 2 is 2.18 bits per heavy atom. The topological polar surface area (TPSA) is 49.8 Å². The summed E-state index contributed by atoms with van der Waals surface area (Å²) >= 11 is 0. The molecule has 1 aromatic carbocycles. The van der Waals surface area contributed by atoms with E-state index in [2.05, 4.69) is 0 Å². The summed E-state index contributed by atoms with van der Waals surface area (Å²) in [5.41, 5.74) is 0.849. The number of hydrogen-bond donors (Lipinski definition) is 1. The van der Waals surface area contributed by atoms with Crippen LogP contribution in [0.15, 0.2) is 30.3 Å². The van der Waals surface area contributed by atoms with Gasteiger partial charge in [-0.2, -0.15) is 0 Å². The number of amides is 1. The number of aliphatic hydroxyl groups excluding tert-OH is 1. The van der Waals surface area contributed by atoms with Crippen LogP contribution in [0.1, 0.15) is 18.1 Å². The largest absolute Gasteiger partial charge is 0.391 e. The van der Waals surface area contributed by atoms with Gasteiger partial charge < -0.3 is 14.7 Å². The zero-order chi connectivity index (χ0) is 12.3. The smallest absolute Gasteiger partial charge is 0.256 e. The molecule has 1 fully saturated rings. The van der Waals surface area contributed by atoms with Crippen LogP contribution >= 0.6 is 0 Å². The van der Waals surface area contributed by atoms with Crippen LogP contribution in [0.4, 0.5) is 0 Å². The average Bonchev–Trinajstić information content (AvgIpc) is 2.78. The van der Waals surface area contributed by atoms with Gasteiger partial charge in [0.15, 0.2) is 6.10 Å². The summed E-state index contributed by atoms with van der Waals surface area (Å²) < 4.78 is 5.27. The fraction of sp³-hybridized carbons (Fsp3) is 0.462. The zero-order valence-corrected chi connectivity index (χ0v) is 9.87. The van der Waals surface area contributed by atoms with Gasteiger partial charge in [0.2, 0.25) is 0 Å². The third-order valence-electron chi connectivity index (χ3n) is 3.04. The number of carbonyl (C=O) groups excluding carboxylic acids is 1. The Labute approximate surface area is 101 Å². The van der Waals surface area contributed by atoms with Gasteiger partial charge in [-0.3, -0.25) is 4.79 Å². The number of nitrogens with zero attached hydrogens (tertiary/aromatic N) is 1. The van der Waals surface area contributed by atoms with Gasteiger partial charge in [-0.05, 0) is 12.0 Å². The van der Waals surface area contributed by atoms with Gasteiger partial charge in [-0.1, -0.05) is 30.3 Å². The monoisotopic (exact) mass is 235 g/mol. The van der Waals surface area contributed by atoms with Crippen molar-refractivity contribution in [2.24, 2.45) is 0 Å². The minimum absolute atomic E-state index is 0.0738. The molecule has 0 aliphatic carbocycles. The van der Waals surface area contributed by atoms with Crippen molar-refractivity contribution >= 4 is 5.91 Å². The highest BCUT2D eigenvalue weighted by molar-refractivity contribution is 5.82. The second-order valence-electron chi connectivity index (χ2n) is 4.25. The molecule has 4 heteroatoms. The lowest BCUT2D eigenvalue weighted by Gasteiger charge is -2.22. The SMILES string of the molecule is COC(C(=O)N1CC[C@H](O)C1)c1ccccc1. The van der Waals surface area contributed by atoms with Crippen molar-refractivity contribution in [3.63, 3.8) is 0 Å². The Kier molecular flexibility index (Phi) is 3.76. The van der Waals surface area contributed by atoms with Crippen molar-refractivity contribution in [3.05, 3.63) is 35.9 Å². The molecule has 1 aromatic rings. The van der Waals surface area contributed by atoms with Gasteiger partial charge in [0.05, 0.1) is 6.10 Å². The molecule has 0 bridgehead atoms. The van der Waals surface area contributed by atoms with E-state index in [1.165, 1.54) is 7.11 Å². The third-order valence-corrected chi connectivity index (χ3v) is 3.04. The number of hydrogen-bond acceptors (Lipinski definition) is 3. The number of methoxy groups -OCH3 is 1. The van der Waals surface area contributed by atoms with E-state index in [0.29, 0.717) is 19.5 Å². The number of ether oxygens (including phenoxy) is 1. The van der Waals surface area contributed by atoms with Gasteiger partial charge >= 0.3 is 0 Å². The van der Waals surface area contributed by atoms with Crippen molar-refractivity contribution in [2.75, 3.05) is 20.2 Å². The Hall–Kier alpha value is -1.39. The molecule has 17 heavy (non-hydrogen) atoms. The second kappa shape index (κ2) is 5.29. The predicted octanol–water partition coefficient (Wildman–Crippen LogP) is 0.967. The number of aliphatic hydroxyl groups is 1. The lowest BCUT2D eigenvalue weighted by atomic mass is 10.1. The molecule has 2 rings (SSSR count). The minimum Gasteiger partial charge on any atom is -0.391 e. The summed E-state index contributed by atoms with van der Waals surface area (Å²) in [5.74, 6) is -0.0738. The number of benzene rings is 1. The van der Waals surface area contributed by atoms with E-state index in [1.54, 1.807) is 4.90 Å². The molecule has 2 atom stereocenters. The summed E-state index contributed by atoms with van der Waals surface area (Å²) in [6, 6.07) is 9.42. The van der Waals surface area contributed by atoms with E-state index < -0.39 is 12.2 Å². The standard InChI is InChI=1S/C13H17NO3/c1-17-12(10-5-3-2-4-6-10)13(16)14-8-7-11(15)9-14/h2-6,11-12,15H,7-9H2,1H3/t11-,12?/m0/s1. The molecule has 1 heterocycles. The molecule has 1 aliphatic heterocycles. The Morgan fingerprint density at radius 1 is 1.47 bits per heavy atom. The van der Waals surface area contributed by atoms with Gasteiger partial charge in [-0.25, -0.2) is 0 Å². The molecule has 92 valence electrons. The van der Waals surface area contributed by atoms with Crippen molar-refractivity contribution in [1.82, 2.24) is 4.90 Å². The maximum absolute atomic E-state index is 12.2. The fourth-order valence-electron chi connectivity index (χ4n) is 2.12. The lowest BCUT2D eigenvalue weighted by molar-refractivity contribution is -0.141. The quantitative estimate of drug-likeness (QED) is 0.849. The molecule has 0 radical (unpaired) electrons. The highest BCUT2D eigenvalue weighted by Crippen LogP contribution is 2.21. The second-order valence-corrected chi connectivity index (χ2v) is 4.25. The van der Waals surface area contributed by atoms with Crippen molar-refractivity contribution in [2.45, 2.75) is 18.6 Å². The molecular weight excluding hydrogens is 218 g/mol. The fourth-order valence-corrected chi connectivity index (χ4v) is 2.12. The molecule has 1 N–H and O–H groups in total. The van der Waals surface area contributed by atoms with Crippen LogP contribution in [0.3, 0.4) is 0 Å². The van der Waals surface area contributed by atoms with Crippen molar-refractivity contribution < 1.29 is 14.6 Å². The molecule has 1 amide bonds. The Balaban J connectivity index is 2.11. The first-order valence-corrected chi connectivity index (χ1v) is 5.77. The van der Waals surface area contributed by atoms with Crippen LogP contribution in [0.25, 0.3) is 0 Å². The molecule has 0 saturated carbocycles. The van der Waals surface area contributed by atoms with Gasteiger partial charge in [-0.15, -0.1) is 0 Å². The van der Waals surface area contributed by atoms with Crippen LogP contribution < -0.4 is 0 Å². The van der Waals surface area contributed by atoms with Gasteiger partial charge in [0.25, 0.3) is 5.91 Å². The zero-order valence-electron chi connectivity index (χ0n) is 9.87.